The third-order valence-electron chi connectivity index (χ3n) is 5.61. The summed E-state index contributed by atoms with van der Waals surface area (Å²) in [6, 6.07) is 13.5. The van der Waals surface area contributed by atoms with E-state index in [-0.39, 0.29) is 40.6 Å². The van der Waals surface area contributed by atoms with Gasteiger partial charge in [-0.3, -0.25) is 0 Å². The van der Waals surface area contributed by atoms with Crippen molar-refractivity contribution in [2.45, 2.75) is 18.3 Å². The summed E-state index contributed by atoms with van der Waals surface area (Å²) in [6.07, 6.45) is -0.128. The Bertz CT molecular complexity index is 1740. The molecule has 1 heterocycles. The number of fused-ring (bicyclic) bond motifs is 2. The van der Waals surface area contributed by atoms with E-state index in [0.29, 0.717) is 22.1 Å². The molecule has 7 nitrogen and oxygen atoms in total. The van der Waals surface area contributed by atoms with Crippen LogP contribution in [-0.2, 0) is 21.3 Å². The highest BCUT2D eigenvalue weighted by atomic mass is 79.9. The molecule has 1 aromatic heterocycles. The number of methoxy groups -OCH3 is 1. The molecule has 14 heteroatoms. The first-order valence-electron chi connectivity index (χ1n) is 10.9. The van der Waals surface area contributed by atoms with E-state index in [9.17, 15) is 26.9 Å². The molecule has 0 saturated heterocycles. The van der Waals surface area contributed by atoms with Crippen molar-refractivity contribution in [3.8, 4) is 28.8 Å². The number of alkyl halides is 3. The number of aryl methyl sites for hydroxylation is 1. The third-order valence-corrected chi connectivity index (χ3v) is 7.82. The predicted octanol–water partition coefficient (Wildman–Crippen LogP) is 7.28. The molecule has 0 unspecified atom stereocenters. The van der Waals surface area contributed by atoms with Gasteiger partial charge in [0.15, 0.2) is 6.79 Å². The first-order valence-corrected chi connectivity index (χ1v) is 13.5. The topological polar surface area (TPSA) is 98.5 Å². The molecular weight excluding hydrogens is 632 g/mol. The maximum atomic E-state index is 16.5. The maximum absolute atomic E-state index is 16.5. The standard InChI is InChI=1S/C25H16BrClF4N2O5S/c1-36-12-37-15-9-13-5-2-3-7-16(13)17(11-15)19-14(6-4-8-32)10-18-20(22(19)28)21(26)23(27)33-24(18)38-39(34,35)25(29,30)31/h2-3,5,7,9-11H,4,6,12H2,1H3. The zero-order chi connectivity index (χ0) is 28.5. The summed E-state index contributed by atoms with van der Waals surface area (Å²) in [7, 11) is -4.73. The number of aromatic nitrogens is 1. The summed E-state index contributed by atoms with van der Waals surface area (Å²) in [4.78, 5) is 3.61. The number of rotatable bonds is 8. The van der Waals surface area contributed by atoms with E-state index in [0.717, 1.165) is 0 Å². The van der Waals surface area contributed by atoms with Gasteiger partial charge in [0.2, 0.25) is 5.88 Å². The fourth-order valence-electron chi connectivity index (χ4n) is 3.98. The first kappa shape index (κ1) is 28.8. The van der Waals surface area contributed by atoms with Crippen molar-refractivity contribution in [1.82, 2.24) is 4.98 Å². The van der Waals surface area contributed by atoms with Crippen molar-refractivity contribution < 1.29 is 39.6 Å². The Morgan fingerprint density at radius 2 is 1.87 bits per heavy atom. The fourth-order valence-corrected chi connectivity index (χ4v) is 5.06. The van der Waals surface area contributed by atoms with Crippen LogP contribution in [0.15, 0.2) is 46.9 Å². The van der Waals surface area contributed by atoms with Crippen LogP contribution < -0.4 is 8.92 Å². The van der Waals surface area contributed by atoms with Crippen LogP contribution in [0.2, 0.25) is 5.15 Å². The van der Waals surface area contributed by atoms with E-state index in [1.165, 1.54) is 13.2 Å². The molecule has 4 rings (SSSR count). The largest absolute Gasteiger partial charge is 0.534 e. The van der Waals surface area contributed by atoms with Crippen molar-refractivity contribution in [1.29, 1.82) is 5.26 Å². The van der Waals surface area contributed by atoms with E-state index in [4.69, 9.17) is 21.1 Å². The summed E-state index contributed by atoms with van der Waals surface area (Å²) in [5, 5.41) is 9.20. The molecule has 39 heavy (non-hydrogen) atoms. The van der Waals surface area contributed by atoms with Gasteiger partial charge < -0.3 is 13.7 Å². The quantitative estimate of drug-likeness (QED) is 0.0652. The second-order valence-corrected chi connectivity index (χ2v) is 10.7. The van der Waals surface area contributed by atoms with E-state index >= 15 is 4.39 Å². The molecule has 0 atom stereocenters. The minimum absolute atomic E-state index is 0.00409. The SMILES string of the molecule is COCOc1cc(-c2c(CCC#N)cc3c(OS(=O)(=O)C(F)(F)F)nc(Cl)c(Br)c3c2F)c2ccccc2c1. The number of ether oxygens (including phenoxy) is 2. The minimum atomic E-state index is -6.16. The smallest absolute Gasteiger partial charge is 0.468 e. The van der Waals surface area contributed by atoms with Crippen LogP contribution in [0.5, 0.6) is 11.6 Å². The number of hydrogen-bond acceptors (Lipinski definition) is 7. The normalized spacial score (nSPS) is 12.1. The molecule has 0 radical (unpaired) electrons. The molecule has 204 valence electrons. The zero-order valence-electron chi connectivity index (χ0n) is 19.8. The fraction of sp³-hybridized carbons (Fsp3) is 0.200. The van der Waals surface area contributed by atoms with Gasteiger partial charge in [-0.25, -0.2) is 4.39 Å². The summed E-state index contributed by atoms with van der Waals surface area (Å²) in [6.45, 7) is -0.0968. The molecule has 0 aliphatic carbocycles. The van der Waals surface area contributed by atoms with E-state index in [2.05, 4.69) is 25.1 Å². The highest BCUT2D eigenvalue weighted by molar-refractivity contribution is 9.10. The summed E-state index contributed by atoms with van der Waals surface area (Å²) in [5.41, 5.74) is -5.24. The monoisotopic (exact) mass is 646 g/mol. The molecule has 0 saturated carbocycles. The lowest BCUT2D eigenvalue weighted by molar-refractivity contribution is -0.0500. The van der Waals surface area contributed by atoms with Crippen molar-refractivity contribution >= 4 is 59.2 Å². The van der Waals surface area contributed by atoms with Gasteiger partial charge >= 0.3 is 15.6 Å². The Hall–Kier alpha value is -3.18. The van der Waals surface area contributed by atoms with Gasteiger partial charge in [0.05, 0.1) is 10.5 Å². The molecule has 0 aliphatic heterocycles. The van der Waals surface area contributed by atoms with Crippen LogP contribution in [0.4, 0.5) is 17.6 Å². The van der Waals surface area contributed by atoms with Crippen LogP contribution in [0.25, 0.3) is 32.7 Å². The average molecular weight is 648 g/mol. The molecule has 0 bridgehead atoms. The summed E-state index contributed by atoms with van der Waals surface area (Å²) < 4.78 is 94.0. The number of hydrogen-bond donors (Lipinski definition) is 0. The molecule has 0 spiro atoms. The van der Waals surface area contributed by atoms with Crippen LogP contribution >= 0.6 is 27.5 Å². The van der Waals surface area contributed by atoms with Crippen LogP contribution in [-0.4, -0.2) is 32.8 Å². The van der Waals surface area contributed by atoms with Crippen LogP contribution in [0.1, 0.15) is 12.0 Å². The predicted molar refractivity (Wildman–Crippen MR) is 139 cm³/mol. The lowest BCUT2D eigenvalue weighted by atomic mass is 9.90. The summed E-state index contributed by atoms with van der Waals surface area (Å²) in [5.74, 6) is -1.69. The van der Waals surface area contributed by atoms with E-state index < -0.39 is 37.9 Å². The summed E-state index contributed by atoms with van der Waals surface area (Å²) >= 11 is 9.16. The molecule has 0 amide bonds. The lowest BCUT2D eigenvalue weighted by Gasteiger charge is -2.19. The van der Waals surface area contributed by atoms with Gasteiger partial charge in [-0.15, -0.1) is 0 Å². The van der Waals surface area contributed by atoms with Gasteiger partial charge in [0.25, 0.3) is 0 Å². The zero-order valence-corrected chi connectivity index (χ0v) is 22.9. The average Bonchev–Trinajstić information content (AvgIpc) is 2.87. The number of nitrogens with zero attached hydrogens (tertiary/aromatic N) is 2. The third kappa shape index (κ3) is 5.60. The van der Waals surface area contributed by atoms with Gasteiger partial charge in [-0.1, -0.05) is 35.9 Å². The van der Waals surface area contributed by atoms with E-state index in [1.807, 2.05) is 6.07 Å². The van der Waals surface area contributed by atoms with Crippen molar-refractivity contribution in [2.75, 3.05) is 13.9 Å². The number of nitriles is 1. The Labute approximate surface area is 233 Å². The Morgan fingerprint density at radius 1 is 1.15 bits per heavy atom. The second kappa shape index (κ2) is 11.1. The second-order valence-electron chi connectivity index (χ2n) is 8.05. The molecule has 0 N–H and O–H groups in total. The number of pyridine rings is 1. The van der Waals surface area contributed by atoms with Crippen molar-refractivity contribution in [3.05, 3.63) is 63.5 Å². The Kier molecular flexibility index (Phi) is 8.22. The Balaban J connectivity index is 2.10. The van der Waals surface area contributed by atoms with Crippen molar-refractivity contribution in [2.24, 2.45) is 0 Å². The Morgan fingerprint density at radius 3 is 2.54 bits per heavy atom. The van der Waals surface area contributed by atoms with E-state index in [1.54, 1.807) is 36.4 Å². The molecule has 0 fully saturated rings. The lowest BCUT2D eigenvalue weighted by Crippen LogP contribution is -2.28. The van der Waals surface area contributed by atoms with Gasteiger partial charge in [0.1, 0.15) is 16.7 Å². The highest BCUT2D eigenvalue weighted by Crippen LogP contribution is 2.45. The van der Waals surface area contributed by atoms with Crippen LogP contribution in [0, 0.1) is 17.1 Å². The highest BCUT2D eigenvalue weighted by Gasteiger charge is 2.49. The van der Waals surface area contributed by atoms with Gasteiger partial charge in [0, 0.05) is 29.9 Å². The molecule has 0 aliphatic rings. The minimum Gasteiger partial charge on any atom is -0.468 e. The van der Waals surface area contributed by atoms with Gasteiger partial charge in [-0.05, 0) is 62.4 Å². The molecule has 4 aromatic rings. The van der Waals surface area contributed by atoms with Crippen molar-refractivity contribution in [3.63, 3.8) is 0 Å². The molecular formula is C25H16BrClF4N2O5S. The molecule has 3 aromatic carbocycles. The first-order chi connectivity index (χ1) is 18.4. The maximum Gasteiger partial charge on any atom is 0.534 e. The van der Waals surface area contributed by atoms with Gasteiger partial charge in [-0.2, -0.15) is 31.8 Å². The van der Waals surface area contributed by atoms with Crippen LogP contribution in [0.3, 0.4) is 0 Å². The number of halogens is 6. The number of benzene rings is 3.